The largest absolute Gasteiger partial charge is 0.471 e. The summed E-state index contributed by atoms with van der Waals surface area (Å²) in [5, 5.41) is 6.96. The van der Waals surface area contributed by atoms with Gasteiger partial charge in [0.2, 0.25) is 0 Å². The third kappa shape index (κ3) is 5.23. The normalized spacial score (nSPS) is 12.1. The van der Waals surface area contributed by atoms with Gasteiger partial charge in [0, 0.05) is 15.8 Å². The standard InChI is InChI=1S/C21H17ClF3N3O2S/c1-3-12-4-9-15-16(10-12)31-18(17(15)22)19(29)28-27-11(2)13-5-7-14(8-6-13)26-20(30)21(23,24)25/h4-10H,3H2,1-2H3,(H,26,30)(H,28,29)/b27-11-. The van der Waals surface area contributed by atoms with E-state index in [1.807, 2.05) is 25.1 Å². The summed E-state index contributed by atoms with van der Waals surface area (Å²) in [6.45, 7) is 3.67. The Labute approximate surface area is 184 Å². The van der Waals surface area contributed by atoms with E-state index in [0.29, 0.717) is 21.2 Å². The van der Waals surface area contributed by atoms with Crippen molar-refractivity contribution in [3.63, 3.8) is 0 Å². The van der Waals surface area contributed by atoms with Crippen LogP contribution in [0.25, 0.3) is 10.1 Å². The highest BCUT2D eigenvalue weighted by molar-refractivity contribution is 7.21. The lowest BCUT2D eigenvalue weighted by Gasteiger charge is -2.08. The Balaban J connectivity index is 1.71. The second-order valence-electron chi connectivity index (χ2n) is 6.60. The molecule has 2 aromatic carbocycles. The van der Waals surface area contributed by atoms with Crippen LogP contribution in [-0.2, 0) is 11.2 Å². The molecule has 0 fully saturated rings. The summed E-state index contributed by atoms with van der Waals surface area (Å²) in [5.74, 6) is -2.51. The van der Waals surface area contributed by atoms with Crippen molar-refractivity contribution in [2.75, 3.05) is 5.32 Å². The molecule has 5 nitrogen and oxygen atoms in total. The van der Waals surface area contributed by atoms with Crippen molar-refractivity contribution < 1.29 is 22.8 Å². The number of nitrogens with zero attached hydrogens (tertiary/aromatic N) is 1. The predicted octanol–water partition coefficient (Wildman–Crippen LogP) is 5.77. The van der Waals surface area contributed by atoms with Crippen molar-refractivity contribution in [1.29, 1.82) is 0 Å². The van der Waals surface area contributed by atoms with E-state index in [0.717, 1.165) is 22.1 Å². The number of aryl methyl sites for hydroxylation is 1. The molecule has 0 saturated carbocycles. The maximum absolute atomic E-state index is 12.5. The lowest BCUT2D eigenvalue weighted by atomic mass is 10.1. The molecule has 0 radical (unpaired) electrons. The van der Waals surface area contributed by atoms with Gasteiger partial charge < -0.3 is 5.32 Å². The van der Waals surface area contributed by atoms with Crippen LogP contribution in [0.4, 0.5) is 18.9 Å². The van der Waals surface area contributed by atoms with Gasteiger partial charge in [-0.2, -0.15) is 18.3 Å². The number of carbonyl (C=O) groups is 2. The van der Waals surface area contributed by atoms with E-state index < -0.39 is 18.0 Å². The summed E-state index contributed by atoms with van der Waals surface area (Å²) in [5.41, 5.74) is 4.56. The summed E-state index contributed by atoms with van der Waals surface area (Å²) in [4.78, 5) is 23.9. The quantitative estimate of drug-likeness (QED) is 0.369. The van der Waals surface area contributed by atoms with E-state index in [-0.39, 0.29) is 5.69 Å². The highest BCUT2D eigenvalue weighted by Gasteiger charge is 2.38. The fourth-order valence-electron chi connectivity index (χ4n) is 2.72. The van der Waals surface area contributed by atoms with Gasteiger partial charge in [0.05, 0.1) is 10.7 Å². The monoisotopic (exact) mass is 467 g/mol. The Morgan fingerprint density at radius 3 is 2.42 bits per heavy atom. The first kappa shape index (κ1) is 22.8. The molecule has 0 aliphatic rings. The number of alkyl halides is 3. The molecule has 0 atom stereocenters. The minimum atomic E-state index is -4.97. The van der Waals surface area contributed by atoms with Crippen LogP contribution in [0.1, 0.15) is 34.6 Å². The average Bonchev–Trinajstić information content (AvgIpc) is 3.07. The number of fused-ring (bicyclic) bond motifs is 1. The van der Waals surface area contributed by atoms with E-state index in [9.17, 15) is 22.8 Å². The predicted molar refractivity (Wildman–Crippen MR) is 117 cm³/mol. The zero-order chi connectivity index (χ0) is 22.8. The van der Waals surface area contributed by atoms with Crippen LogP contribution in [0.5, 0.6) is 0 Å². The van der Waals surface area contributed by atoms with E-state index >= 15 is 0 Å². The van der Waals surface area contributed by atoms with Crippen LogP contribution in [0, 0.1) is 0 Å². The van der Waals surface area contributed by atoms with Crippen LogP contribution in [0.15, 0.2) is 47.6 Å². The topological polar surface area (TPSA) is 70.6 Å². The lowest BCUT2D eigenvalue weighted by Crippen LogP contribution is -2.29. The summed E-state index contributed by atoms with van der Waals surface area (Å²) in [7, 11) is 0. The Kier molecular flexibility index (Phi) is 6.66. The molecule has 0 bridgehead atoms. The highest BCUT2D eigenvalue weighted by atomic mass is 35.5. The number of hydrogen-bond acceptors (Lipinski definition) is 4. The molecule has 0 unspecified atom stereocenters. The molecule has 0 aliphatic heterocycles. The van der Waals surface area contributed by atoms with Crippen molar-refractivity contribution in [2.45, 2.75) is 26.4 Å². The average molecular weight is 468 g/mol. The molecule has 1 aromatic heterocycles. The van der Waals surface area contributed by atoms with Gasteiger partial charge in [-0.05, 0) is 42.7 Å². The number of halogens is 4. The zero-order valence-corrected chi connectivity index (χ0v) is 18.0. The Hall–Kier alpha value is -2.91. The van der Waals surface area contributed by atoms with Gasteiger partial charge in [-0.1, -0.05) is 42.8 Å². The molecule has 0 spiro atoms. The molecule has 0 aliphatic carbocycles. The second-order valence-corrected chi connectivity index (χ2v) is 8.03. The molecular weight excluding hydrogens is 451 g/mol. The Morgan fingerprint density at radius 2 is 1.81 bits per heavy atom. The molecule has 162 valence electrons. The van der Waals surface area contributed by atoms with Gasteiger partial charge in [-0.25, -0.2) is 5.43 Å². The molecule has 31 heavy (non-hydrogen) atoms. The number of rotatable bonds is 5. The van der Waals surface area contributed by atoms with Crippen molar-refractivity contribution >= 4 is 56.2 Å². The molecular formula is C21H17ClF3N3O2S. The molecule has 3 aromatic rings. The number of thiophene rings is 1. The van der Waals surface area contributed by atoms with E-state index in [4.69, 9.17) is 11.6 Å². The van der Waals surface area contributed by atoms with Gasteiger partial charge >= 0.3 is 12.1 Å². The third-order valence-electron chi connectivity index (χ3n) is 4.45. The number of amides is 2. The van der Waals surface area contributed by atoms with Crippen molar-refractivity contribution in [3.8, 4) is 0 Å². The van der Waals surface area contributed by atoms with Gasteiger partial charge in [0.15, 0.2) is 0 Å². The number of hydrogen-bond donors (Lipinski definition) is 2. The SMILES string of the molecule is CCc1ccc2c(Cl)c(C(=O)N/N=C(/C)c3ccc(NC(=O)C(F)(F)F)cc3)sc2c1. The summed E-state index contributed by atoms with van der Waals surface area (Å²) < 4.78 is 37.8. The van der Waals surface area contributed by atoms with Gasteiger partial charge in [0.25, 0.3) is 5.91 Å². The fourth-order valence-corrected chi connectivity index (χ4v) is 4.19. The van der Waals surface area contributed by atoms with E-state index in [1.165, 1.54) is 35.6 Å². The maximum Gasteiger partial charge on any atom is 0.471 e. The molecule has 0 saturated heterocycles. The van der Waals surface area contributed by atoms with Crippen LogP contribution in [0.2, 0.25) is 5.02 Å². The molecule has 1 heterocycles. The minimum absolute atomic E-state index is 0.00795. The number of anilines is 1. The van der Waals surface area contributed by atoms with Gasteiger partial charge in [-0.15, -0.1) is 11.3 Å². The minimum Gasteiger partial charge on any atom is -0.318 e. The number of nitrogens with one attached hydrogen (secondary N) is 2. The van der Waals surface area contributed by atoms with E-state index in [1.54, 1.807) is 12.2 Å². The fraction of sp³-hybridized carbons (Fsp3) is 0.190. The van der Waals surface area contributed by atoms with Crippen LogP contribution < -0.4 is 10.7 Å². The van der Waals surface area contributed by atoms with Gasteiger partial charge in [0.1, 0.15) is 4.88 Å². The summed E-state index contributed by atoms with van der Waals surface area (Å²) in [6, 6.07) is 11.4. The number of benzene rings is 2. The van der Waals surface area contributed by atoms with Crippen LogP contribution >= 0.6 is 22.9 Å². The van der Waals surface area contributed by atoms with E-state index in [2.05, 4.69) is 10.5 Å². The summed E-state index contributed by atoms with van der Waals surface area (Å²) >= 11 is 7.63. The Bertz CT molecular complexity index is 1170. The highest BCUT2D eigenvalue weighted by Crippen LogP contribution is 2.36. The first-order chi connectivity index (χ1) is 14.6. The van der Waals surface area contributed by atoms with Crippen LogP contribution in [-0.4, -0.2) is 23.7 Å². The first-order valence-corrected chi connectivity index (χ1v) is 10.3. The number of hydrazone groups is 1. The van der Waals surface area contributed by atoms with Crippen molar-refractivity contribution in [2.24, 2.45) is 5.10 Å². The van der Waals surface area contributed by atoms with Crippen molar-refractivity contribution in [1.82, 2.24) is 5.43 Å². The third-order valence-corrected chi connectivity index (χ3v) is 6.11. The maximum atomic E-state index is 12.5. The summed E-state index contributed by atoms with van der Waals surface area (Å²) in [6.07, 6.45) is -4.10. The Morgan fingerprint density at radius 1 is 1.13 bits per heavy atom. The molecule has 2 N–H and O–H groups in total. The van der Waals surface area contributed by atoms with Crippen molar-refractivity contribution in [3.05, 3.63) is 63.5 Å². The lowest BCUT2D eigenvalue weighted by molar-refractivity contribution is -0.167. The van der Waals surface area contributed by atoms with Gasteiger partial charge in [-0.3, -0.25) is 9.59 Å². The van der Waals surface area contributed by atoms with Crippen LogP contribution in [0.3, 0.4) is 0 Å². The molecule has 3 rings (SSSR count). The smallest absolute Gasteiger partial charge is 0.318 e. The number of carbonyl (C=O) groups excluding carboxylic acids is 2. The molecule has 2 amide bonds. The first-order valence-electron chi connectivity index (χ1n) is 9.14. The second kappa shape index (κ2) is 9.07. The zero-order valence-electron chi connectivity index (χ0n) is 16.4. The molecule has 10 heteroatoms.